The van der Waals surface area contributed by atoms with E-state index >= 15 is 0 Å². The molecular weight excluding hydrogens is 539 g/mol. The molecule has 4 aromatic rings. The first-order valence-corrected chi connectivity index (χ1v) is 15.4. The Morgan fingerprint density at radius 1 is 1.12 bits per heavy atom. The fourth-order valence-corrected chi connectivity index (χ4v) is 7.23. The van der Waals surface area contributed by atoms with Gasteiger partial charge < -0.3 is 9.47 Å². The number of nitrogens with zero attached hydrogens (tertiary/aromatic N) is 3. The molecule has 0 saturated heterocycles. The number of fused-ring (bicyclic) bond motifs is 1. The fourth-order valence-electron chi connectivity index (χ4n) is 5.88. The van der Waals surface area contributed by atoms with Gasteiger partial charge in [0, 0.05) is 37.1 Å². The molecule has 0 radical (unpaired) electrons. The van der Waals surface area contributed by atoms with Crippen LogP contribution >= 0.6 is 0 Å². The summed E-state index contributed by atoms with van der Waals surface area (Å²) in [5.74, 6) is 0.0854. The van der Waals surface area contributed by atoms with Gasteiger partial charge in [-0.25, -0.2) is 22.5 Å². The van der Waals surface area contributed by atoms with Crippen molar-refractivity contribution >= 4 is 21.6 Å². The first-order valence-electron chi connectivity index (χ1n) is 13.9. The summed E-state index contributed by atoms with van der Waals surface area (Å²) in [6, 6.07) is 18.8. The van der Waals surface area contributed by atoms with Gasteiger partial charge >= 0.3 is 0 Å². The van der Waals surface area contributed by atoms with E-state index in [9.17, 15) is 17.6 Å². The van der Waals surface area contributed by atoms with Crippen molar-refractivity contribution in [1.29, 1.82) is 0 Å². The van der Waals surface area contributed by atoms with Gasteiger partial charge in [-0.15, -0.1) is 0 Å². The van der Waals surface area contributed by atoms with Crippen LogP contribution in [-0.4, -0.2) is 23.9 Å². The molecule has 0 bridgehead atoms. The number of anilines is 1. The number of aryl methyl sites for hydroxylation is 3. The molecule has 0 spiro atoms. The van der Waals surface area contributed by atoms with Gasteiger partial charge in [0.15, 0.2) is 0 Å². The largest absolute Gasteiger partial charge is 0.337 e. The lowest BCUT2D eigenvalue weighted by Crippen LogP contribution is -2.34. The monoisotopic (exact) mass is 572 g/mol. The van der Waals surface area contributed by atoms with Gasteiger partial charge in [0.2, 0.25) is 15.9 Å². The first-order chi connectivity index (χ1) is 19.7. The van der Waals surface area contributed by atoms with Crippen molar-refractivity contribution < 1.29 is 17.6 Å². The Balaban J connectivity index is 1.32. The fraction of sp³-hybridized carbons (Fsp3) is 0.312. The summed E-state index contributed by atoms with van der Waals surface area (Å²) in [4.78, 5) is 20.4. The van der Waals surface area contributed by atoms with E-state index in [0.717, 1.165) is 40.9 Å². The van der Waals surface area contributed by atoms with Crippen molar-refractivity contribution in [3.8, 4) is 0 Å². The predicted octanol–water partition coefficient (Wildman–Crippen LogP) is 5.56. The molecule has 9 heteroatoms. The van der Waals surface area contributed by atoms with Crippen LogP contribution in [0.2, 0.25) is 0 Å². The van der Waals surface area contributed by atoms with Crippen LogP contribution in [0.3, 0.4) is 0 Å². The number of amides is 1. The summed E-state index contributed by atoms with van der Waals surface area (Å²) in [7, 11) is -1.85. The third-order valence-electron chi connectivity index (χ3n) is 8.22. The molecule has 1 heterocycles. The molecule has 7 nitrogen and oxygen atoms in total. The maximum atomic E-state index is 14.0. The van der Waals surface area contributed by atoms with E-state index in [2.05, 4.69) is 9.71 Å². The second-order valence-electron chi connectivity index (χ2n) is 11.1. The van der Waals surface area contributed by atoms with Gasteiger partial charge in [-0.2, -0.15) is 0 Å². The van der Waals surface area contributed by atoms with Crippen LogP contribution in [0.25, 0.3) is 0 Å². The van der Waals surface area contributed by atoms with E-state index in [4.69, 9.17) is 0 Å². The highest BCUT2D eigenvalue weighted by Gasteiger charge is 2.46. The number of nitrogens with one attached hydrogen (secondary N) is 1. The van der Waals surface area contributed by atoms with Gasteiger partial charge in [0.05, 0.1) is 11.4 Å². The Bertz CT molecular complexity index is 1720. The number of hydrogen-bond acceptors (Lipinski definition) is 4. The van der Waals surface area contributed by atoms with Crippen LogP contribution in [0, 0.1) is 18.7 Å². The van der Waals surface area contributed by atoms with Crippen molar-refractivity contribution in [3.63, 3.8) is 0 Å². The second kappa shape index (κ2) is 10.9. The van der Waals surface area contributed by atoms with E-state index in [1.54, 1.807) is 35.4 Å². The third-order valence-corrected chi connectivity index (χ3v) is 9.69. The van der Waals surface area contributed by atoms with Crippen molar-refractivity contribution in [2.45, 2.75) is 56.0 Å². The van der Waals surface area contributed by atoms with Crippen LogP contribution in [0.4, 0.5) is 10.1 Å². The second-order valence-corrected chi connectivity index (χ2v) is 12.9. The smallest absolute Gasteiger partial charge is 0.241 e. The summed E-state index contributed by atoms with van der Waals surface area (Å²) in [6.45, 7) is 2.14. The van der Waals surface area contributed by atoms with E-state index in [0.29, 0.717) is 18.5 Å². The molecule has 1 saturated carbocycles. The van der Waals surface area contributed by atoms with E-state index in [1.807, 2.05) is 55.1 Å². The Labute approximate surface area is 240 Å². The minimum absolute atomic E-state index is 0.0337. The molecule has 1 fully saturated rings. The normalized spacial score (nSPS) is 19.9. The zero-order valence-electron chi connectivity index (χ0n) is 23.1. The summed E-state index contributed by atoms with van der Waals surface area (Å²) in [6.07, 6.45) is 6.57. The Hall–Kier alpha value is -3.82. The lowest BCUT2D eigenvalue weighted by molar-refractivity contribution is -0.120. The Morgan fingerprint density at radius 2 is 1.95 bits per heavy atom. The maximum Gasteiger partial charge on any atom is 0.241 e. The molecule has 6 rings (SSSR count). The predicted molar refractivity (Wildman–Crippen MR) is 155 cm³/mol. The van der Waals surface area contributed by atoms with Gasteiger partial charge in [-0.05, 0) is 97.2 Å². The summed E-state index contributed by atoms with van der Waals surface area (Å²) < 4.78 is 45.3. The molecule has 1 aromatic heterocycles. The molecule has 0 aliphatic heterocycles. The molecule has 2 aliphatic carbocycles. The number of carbonyl (C=O) groups is 1. The van der Waals surface area contributed by atoms with Gasteiger partial charge in [0.1, 0.15) is 11.6 Å². The molecule has 3 aromatic carbocycles. The van der Waals surface area contributed by atoms with Gasteiger partial charge in [-0.3, -0.25) is 4.79 Å². The van der Waals surface area contributed by atoms with Crippen molar-refractivity contribution in [2.24, 2.45) is 13.0 Å². The molecule has 41 heavy (non-hydrogen) atoms. The Kier molecular flexibility index (Phi) is 7.25. The van der Waals surface area contributed by atoms with Gasteiger partial charge in [0.25, 0.3) is 0 Å². The number of rotatable bonds is 8. The van der Waals surface area contributed by atoms with E-state index < -0.39 is 16.1 Å². The number of benzene rings is 3. The number of imidazole rings is 1. The minimum atomic E-state index is -3.74. The average Bonchev–Trinajstić information content (AvgIpc) is 3.66. The van der Waals surface area contributed by atoms with Crippen LogP contribution in [-0.2, 0) is 34.8 Å². The number of carbonyl (C=O) groups excluding carboxylic acids is 1. The van der Waals surface area contributed by atoms with Crippen molar-refractivity contribution in [2.75, 3.05) is 4.90 Å². The number of aromatic nitrogens is 2. The molecule has 0 unspecified atom stereocenters. The lowest BCUT2D eigenvalue weighted by Gasteiger charge is -2.29. The topological polar surface area (TPSA) is 84.3 Å². The SMILES string of the molecule is Cc1cccc(S(=O)(=O)N[C@@H]2CCCc3ccc(N(Cc4nccn4C)C(=O)[C@H]4C[C@@H]4c4cccc(F)c4)cc32)c1. The summed E-state index contributed by atoms with van der Waals surface area (Å²) in [5.41, 5.74) is 4.37. The van der Waals surface area contributed by atoms with Crippen LogP contribution < -0.4 is 9.62 Å². The third kappa shape index (κ3) is 5.69. The average molecular weight is 573 g/mol. The van der Waals surface area contributed by atoms with E-state index in [1.165, 1.54) is 12.1 Å². The highest BCUT2D eigenvalue weighted by atomic mass is 32.2. The standard InChI is InChI=1S/C32H33FN4O3S/c1-21-6-3-10-26(16-21)41(39,40)35-30-11-5-7-22-12-13-25(18-28(22)30)37(20-31-34-14-15-36(31)2)32(38)29-19-27(29)23-8-4-9-24(33)17-23/h3-4,6,8-10,12-18,27,29-30,35H,5,7,11,19-20H2,1-2H3/t27-,29+,30-/m1/s1. The lowest BCUT2D eigenvalue weighted by atomic mass is 9.87. The van der Waals surface area contributed by atoms with Crippen LogP contribution in [0.1, 0.15) is 59.3 Å². The summed E-state index contributed by atoms with van der Waals surface area (Å²) in [5, 5.41) is 0. The van der Waals surface area contributed by atoms with Crippen LogP contribution in [0.5, 0.6) is 0 Å². The van der Waals surface area contributed by atoms with Crippen molar-refractivity contribution in [3.05, 3.63) is 113 Å². The van der Waals surface area contributed by atoms with Crippen LogP contribution in [0.15, 0.2) is 84.0 Å². The molecule has 212 valence electrons. The molecule has 2 aliphatic rings. The highest BCUT2D eigenvalue weighted by Crippen LogP contribution is 2.49. The maximum absolute atomic E-state index is 14.0. The van der Waals surface area contributed by atoms with Gasteiger partial charge in [-0.1, -0.05) is 30.3 Å². The quantitative estimate of drug-likeness (QED) is 0.300. The van der Waals surface area contributed by atoms with Crippen molar-refractivity contribution in [1.82, 2.24) is 14.3 Å². The van der Waals surface area contributed by atoms with E-state index in [-0.39, 0.29) is 35.0 Å². The highest BCUT2D eigenvalue weighted by molar-refractivity contribution is 7.89. The zero-order chi connectivity index (χ0) is 28.7. The minimum Gasteiger partial charge on any atom is -0.337 e. The molecule has 1 amide bonds. The first kappa shape index (κ1) is 27.4. The zero-order valence-corrected chi connectivity index (χ0v) is 23.9. The molecule has 3 atom stereocenters. The number of halogens is 1. The number of sulfonamides is 1. The number of hydrogen-bond donors (Lipinski definition) is 1. The summed E-state index contributed by atoms with van der Waals surface area (Å²) >= 11 is 0. The Morgan fingerprint density at radius 3 is 2.71 bits per heavy atom. The molecule has 1 N–H and O–H groups in total. The molecular formula is C32H33FN4O3S.